The SMILES string of the molecule is CN1CCC(=N)C(C(=O)Nc2ccccc2)C1.CN1CCC(=N)C(C(=O)Nc2ccccc2)C1.Cl.Cl.Cl. The van der Waals surface area contributed by atoms with Crippen LogP contribution in [-0.2, 0) is 9.59 Å². The lowest BCUT2D eigenvalue weighted by Gasteiger charge is -2.29. The second-order valence-corrected chi connectivity index (χ2v) is 8.89. The molecule has 2 atom stereocenters. The second kappa shape index (κ2) is 17.1. The summed E-state index contributed by atoms with van der Waals surface area (Å²) in [5.41, 5.74) is 2.66. The molecule has 0 aliphatic carbocycles. The molecule has 4 N–H and O–H groups in total. The number of carbonyl (C=O) groups excluding carboxylic acids is 2. The van der Waals surface area contributed by atoms with Crippen molar-refractivity contribution in [1.29, 1.82) is 10.8 Å². The molecule has 2 fully saturated rings. The van der Waals surface area contributed by atoms with E-state index in [1.165, 1.54) is 0 Å². The predicted molar refractivity (Wildman–Crippen MR) is 159 cm³/mol. The van der Waals surface area contributed by atoms with E-state index in [-0.39, 0.29) is 60.9 Å². The molecule has 0 saturated carbocycles. The van der Waals surface area contributed by atoms with Crippen LogP contribution in [0.25, 0.3) is 0 Å². The van der Waals surface area contributed by atoms with E-state index in [1.807, 2.05) is 74.8 Å². The number of nitrogens with zero attached hydrogens (tertiary/aromatic N) is 2. The minimum Gasteiger partial charge on any atom is -0.325 e. The van der Waals surface area contributed by atoms with Crippen molar-refractivity contribution in [2.45, 2.75) is 12.8 Å². The Labute approximate surface area is 237 Å². The van der Waals surface area contributed by atoms with Crippen molar-refractivity contribution in [1.82, 2.24) is 9.80 Å². The molecule has 4 rings (SSSR count). The number of likely N-dealkylation sites (tertiary alicyclic amines) is 2. The Morgan fingerprint density at radius 2 is 1.00 bits per heavy atom. The summed E-state index contributed by atoms with van der Waals surface area (Å²) in [6.45, 7) is 3.01. The monoisotopic (exact) mass is 570 g/mol. The van der Waals surface area contributed by atoms with Crippen LogP contribution >= 0.6 is 37.2 Å². The minimum absolute atomic E-state index is 0. The Hall–Kier alpha value is -2.49. The van der Waals surface area contributed by atoms with Crippen LogP contribution < -0.4 is 10.6 Å². The van der Waals surface area contributed by atoms with Gasteiger partial charge in [-0.1, -0.05) is 36.4 Å². The standard InChI is InChI=1S/2C13H17N3O.3ClH/c2*1-16-8-7-12(14)11(9-16)13(17)15-10-5-3-2-4-6-10;;;/h2*2-6,11,14H,7-9H2,1H3,(H,15,17);3*1H. The highest BCUT2D eigenvalue weighted by Gasteiger charge is 2.29. The first kappa shape index (κ1) is 34.5. The molecule has 11 heteroatoms. The zero-order chi connectivity index (χ0) is 24.5. The van der Waals surface area contributed by atoms with E-state index in [2.05, 4.69) is 20.4 Å². The van der Waals surface area contributed by atoms with Crippen molar-refractivity contribution in [3.63, 3.8) is 0 Å². The topological polar surface area (TPSA) is 112 Å². The van der Waals surface area contributed by atoms with Gasteiger partial charge in [0.25, 0.3) is 0 Å². The van der Waals surface area contributed by atoms with Gasteiger partial charge in [0.15, 0.2) is 0 Å². The van der Waals surface area contributed by atoms with Crippen molar-refractivity contribution >= 4 is 71.8 Å². The minimum atomic E-state index is -0.311. The third kappa shape index (κ3) is 10.8. The van der Waals surface area contributed by atoms with Crippen molar-refractivity contribution in [3.8, 4) is 0 Å². The fraction of sp³-hybridized carbons (Fsp3) is 0.385. The lowest BCUT2D eigenvalue weighted by atomic mass is 9.95. The fourth-order valence-corrected chi connectivity index (χ4v) is 3.98. The number of rotatable bonds is 4. The Bertz CT molecular complexity index is 928. The molecular weight excluding hydrogens is 535 g/mol. The fourth-order valence-electron chi connectivity index (χ4n) is 3.98. The first-order valence-electron chi connectivity index (χ1n) is 11.6. The van der Waals surface area contributed by atoms with Crippen molar-refractivity contribution < 1.29 is 9.59 Å². The van der Waals surface area contributed by atoms with Crippen LogP contribution in [0.1, 0.15) is 12.8 Å². The van der Waals surface area contributed by atoms with Gasteiger partial charge in [0.2, 0.25) is 11.8 Å². The van der Waals surface area contributed by atoms with Crippen LogP contribution in [0.2, 0.25) is 0 Å². The zero-order valence-corrected chi connectivity index (χ0v) is 23.6. The quantitative estimate of drug-likeness (QED) is 0.434. The molecule has 2 heterocycles. The van der Waals surface area contributed by atoms with E-state index >= 15 is 0 Å². The smallest absolute Gasteiger partial charge is 0.234 e. The molecule has 204 valence electrons. The highest BCUT2D eigenvalue weighted by atomic mass is 35.5. The normalized spacial score (nSPS) is 19.5. The Morgan fingerprint density at radius 1 is 0.676 bits per heavy atom. The summed E-state index contributed by atoms with van der Waals surface area (Å²) in [5, 5.41) is 21.4. The highest BCUT2D eigenvalue weighted by Crippen LogP contribution is 2.16. The molecule has 0 aromatic heterocycles. The average molecular weight is 572 g/mol. The first-order chi connectivity index (χ1) is 16.3. The summed E-state index contributed by atoms with van der Waals surface area (Å²) >= 11 is 0. The maximum atomic E-state index is 12.0. The van der Waals surface area contributed by atoms with Crippen molar-refractivity contribution in [3.05, 3.63) is 60.7 Å². The molecule has 0 spiro atoms. The molecule has 2 amide bonds. The summed E-state index contributed by atoms with van der Waals surface area (Å²) in [6, 6.07) is 18.8. The molecule has 8 nitrogen and oxygen atoms in total. The van der Waals surface area contributed by atoms with E-state index in [1.54, 1.807) is 0 Å². The molecule has 2 saturated heterocycles. The summed E-state index contributed by atoms with van der Waals surface area (Å²) < 4.78 is 0. The molecule has 0 radical (unpaired) electrons. The molecule has 2 unspecified atom stereocenters. The van der Waals surface area contributed by atoms with Gasteiger partial charge in [0.05, 0.1) is 11.8 Å². The number of nitrogens with one attached hydrogen (secondary N) is 4. The number of hydrogen-bond donors (Lipinski definition) is 4. The van der Waals surface area contributed by atoms with Gasteiger partial charge in [0, 0.05) is 49.0 Å². The van der Waals surface area contributed by atoms with Crippen LogP contribution in [0.5, 0.6) is 0 Å². The van der Waals surface area contributed by atoms with Gasteiger partial charge in [-0.25, -0.2) is 0 Å². The maximum Gasteiger partial charge on any atom is 0.234 e. The number of piperidine rings is 2. The third-order valence-electron chi connectivity index (χ3n) is 6.07. The summed E-state index contributed by atoms with van der Waals surface area (Å²) in [6.07, 6.45) is 1.37. The van der Waals surface area contributed by atoms with Crippen molar-refractivity contribution in [2.24, 2.45) is 11.8 Å². The van der Waals surface area contributed by atoms with Gasteiger partial charge < -0.3 is 31.3 Å². The third-order valence-corrected chi connectivity index (χ3v) is 6.07. The Morgan fingerprint density at radius 3 is 1.32 bits per heavy atom. The first-order valence-corrected chi connectivity index (χ1v) is 11.6. The van der Waals surface area contributed by atoms with E-state index in [4.69, 9.17) is 10.8 Å². The summed E-state index contributed by atoms with van der Waals surface area (Å²) in [7, 11) is 3.96. The van der Waals surface area contributed by atoms with Gasteiger partial charge in [-0.2, -0.15) is 0 Å². The highest BCUT2D eigenvalue weighted by molar-refractivity contribution is 6.09. The lowest BCUT2D eigenvalue weighted by Crippen LogP contribution is -2.44. The Balaban J connectivity index is 0.000000648. The summed E-state index contributed by atoms with van der Waals surface area (Å²) in [4.78, 5) is 28.3. The Kier molecular flexibility index (Phi) is 15.9. The van der Waals surface area contributed by atoms with Crippen LogP contribution in [0.15, 0.2) is 60.7 Å². The molecule has 2 aromatic carbocycles. The number of benzene rings is 2. The lowest BCUT2D eigenvalue weighted by molar-refractivity contribution is -0.119. The molecular formula is C26H37Cl3N6O2. The van der Waals surface area contributed by atoms with E-state index in [0.717, 1.165) is 24.5 Å². The average Bonchev–Trinajstić information content (AvgIpc) is 2.84. The zero-order valence-electron chi connectivity index (χ0n) is 21.1. The van der Waals surface area contributed by atoms with Crippen LogP contribution in [-0.4, -0.2) is 73.3 Å². The van der Waals surface area contributed by atoms with Gasteiger partial charge >= 0.3 is 0 Å². The van der Waals surface area contributed by atoms with Gasteiger partial charge in [-0.15, -0.1) is 37.2 Å². The summed E-state index contributed by atoms with van der Waals surface area (Å²) in [5.74, 6) is -0.775. The maximum absolute atomic E-state index is 12.0. The number of anilines is 2. The molecule has 2 aliphatic rings. The number of para-hydroxylation sites is 2. The number of carbonyl (C=O) groups is 2. The van der Waals surface area contributed by atoms with Gasteiger partial charge in [-0.3, -0.25) is 9.59 Å². The molecule has 2 aromatic rings. The van der Waals surface area contributed by atoms with Crippen LogP contribution in [0.4, 0.5) is 11.4 Å². The van der Waals surface area contributed by atoms with E-state index < -0.39 is 0 Å². The molecule has 2 aliphatic heterocycles. The van der Waals surface area contributed by atoms with Crippen molar-refractivity contribution in [2.75, 3.05) is 50.9 Å². The van der Waals surface area contributed by atoms with Crippen LogP contribution in [0.3, 0.4) is 0 Å². The molecule has 0 bridgehead atoms. The number of amides is 2. The largest absolute Gasteiger partial charge is 0.325 e. The number of hydrogen-bond acceptors (Lipinski definition) is 6. The number of halogens is 3. The van der Waals surface area contributed by atoms with Gasteiger partial charge in [-0.05, 0) is 51.2 Å². The van der Waals surface area contributed by atoms with E-state index in [9.17, 15) is 9.59 Å². The van der Waals surface area contributed by atoms with Gasteiger partial charge in [0.1, 0.15) is 0 Å². The van der Waals surface area contributed by atoms with Crippen LogP contribution in [0, 0.1) is 22.7 Å². The predicted octanol–water partition coefficient (Wildman–Crippen LogP) is 4.46. The second-order valence-electron chi connectivity index (χ2n) is 8.89. The molecule has 37 heavy (non-hydrogen) atoms. The van der Waals surface area contributed by atoms with E-state index in [0.29, 0.717) is 37.4 Å².